The van der Waals surface area contributed by atoms with Gasteiger partial charge in [-0.1, -0.05) is 20.3 Å². The Hall–Kier alpha value is -2.37. The number of rotatable bonds is 6. The summed E-state index contributed by atoms with van der Waals surface area (Å²) >= 11 is 0. The first-order chi connectivity index (χ1) is 10.9. The molecule has 2 unspecified atom stereocenters. The summed E-state index contributed by atoms with van der Waals surface area (Å²) in [5.74, 6) is -1.52. The molecule has 2 N–H and O–H groups in total. The number of nitrogens with one attached hydrogen (secondary N) is 1. The third kappa shape index (κ3) is 3.88. The average molecular weight is 318 g/mol. The Morgan fingerprint density at radius 1 is 1.30 bits per heavy atom. The molecular weight excluding hydrogens is 296 g/mol. The van der Waals surface area contributed by atoms with Crippen LogP contribution in [0.5, 0.6) is 0 Å². The Morgan fingerprint density at radius 2 is 1.96 bits per heavy atom. The van der Waals surface area contributed by atoms with E-state index in [1.165, 1.54) is 0 Å². The molecule has 2 amide bonds. The summed E-state index contributed by atoms with van der Waals surface area (Å²) in [5, 5.41) is 11.8. The minimum absolute atomic E-state index is 0.0879. The van der Waals surface area contributed by atoms with Crippen LogP contribution in [-0.4, -0.2) is 35.5 Å². The van der Waals surface area contributed by atoms with Crippen LogP contribution in [0.25, 0.3) is 0 Å². The number of carboxylic acids is 1. The lowest BCUT2D eigenvalue weighted by Crippen LogP contribution is -2.45. The molecule has 6 nitrogen and oxygen atoms in total. The van der Waals surface area contributed by atoms with Crippen molar-refractivity contribution < 1.29 is 19.5 Å². The van der Waals surface area contributed by atoms with Crippen LogP contribution in [0.1, 0.15) is 43.5 Å². The number of carbonyl (C=O) groups excluding carboxylic acids is 2. The van der Waals surface area contributed by atoms with Crippen molar-refractivity contribution in [2.24, 2.45) is 5.92 Å². The Balaban J connectivity index is 2.07. The van der Waals surface area contributed by atoms with Crippen LogP contribution in [0.15, 0.2) is 24.3 Å². The van der Waals surface area contributed by atoms with E-state index in [9.17, 15) is 19.5 Å². The van der Waals surface area contributed by atoms with Crippen LogP contribution < -0.4 is 10.2 Å². The first kappa shape index (κ1) is 17.0. The summed E-state index contributed by atoms with van der Waals surface area (Å²) in [6.07, 6.45) is 2.06. The summed E-state index contributed by atoms with van der Waals surface area (Å²) in [5.41, 5.74) is 1.15. The van der Waals surface area contributed by atoms with E-state index in [2.05, 4.69) is 5.32 Å². The fourth-order valence-electron chi connectivity index (χ4n) is 2.62. The van der Waals surface area contributed by atoms with E-state index in [1.54, 1.807) is 36.1 Å². The minimum atomic E-state index is -1.04. The van der Waals surface area contributed by atoms with Gasteiger partial charge < -0.3 is 15.3 Å². The lowest BCUT2D eigenvalue weighted by Gasteiger charge is -2.20. The zero-order chi connectivity index (χ0) is 17.0. The third-order valence-corrected chi connectivity index (χ3v) is 4.28. The zero-order valence-corrected chi connectivity index (χ0v) is 13.4. The van der Waals surface area contributed by atoms with Crippen LogP contribution in [0.3, 0.4) is 0 Å². The van der Waals surface area contributed by atoms with Gasteiger partial charge in [-0.25, -0.2) is 4.79 Å². The predicted octanol–water partition coefficient (Wildman–Crippen LogP) is 2.04. The first-order valence-corrected chi connectivity index (χ1v) is 7.88. The van der Waals surface area contributed by atoms with Gasteiger partial charge >= 0.3 is 5.97 Å². The molecule has 2 atom stereocenters. The molecule has 1 aromatic carbocycles. The monoisotopic (exact) mass is 318 g/mol. The molecule has 124 valence electrons. The van der Waals surface area contributed by atoms with Crippen LogP contribution in [0.4, 0.5) is 5.69 Å². The van der Waals surface area contributed by atoms with Crippen LogP contribution in [0.2, 0.25) is 0 Å². The maximum absolute atomic E-state index is 12.2. The highest BCUT2D eigenvalue weighted by Crippen LogP contribution is 2.21. The van der Waals surface area contributed by atoms with E-state index in [0.29, 0.717) is 24.9 Å². The Labute approximate surface area is 135 Å². The second kappa shape index (κ2) is 7.26. The second-order valence-corrected chi connectivity index (χ2v) is 5.87. The zero-order valence-electron chi connectivity index (χ0n) is 13.4. The van der Waals surface area contributed by atoms with Gasteiger partial charge in [0.1, 0.15) is 6.04 Å². The fourth-order valence-corrected chi connectivity index (χ4v) is 2.62. The number of amides is 2. The van der Waals surface area contributed by atoms with Gasteiger partial charge in [-0.2, -0.15) is 0 Å². The molecular formula is C17H22N2O4. The molecule has 1 heterocycles. The molecule has 0 bridgehead atoms. The molecule has 0 aromatic heterocycles. The van der Waals surface area contributed by atoms with Gasteiger partial charge in [-0.3, -0.25) is 9.59 Å². The largest absolute Gasteiger partial charge is 0.480 e. The molecule has 2 rings (SSSR count). The van der Waals surface area contributed by atoms with Crippen LogP contribution in [0, 0.1) is 5.92 Å². The smallest absolute Gasteiger partial charge is 0.326 e. The van der Waals surface area contributed by atoms with Gasteiger partial charge in [0, 0.05) is 24.2 Å². The van der Waals surface area contributed by atoms with Gasteiger partial charge in [-0.15, -0.1) is 0 Å². The van der Waals surface area contributed by atoms with Gasteiger partial charge in [0.05, 0.1) is 0 Å². The maximum atomic E-state index is 12.2. The van der Waals surface area contributed by atoms with Crippen molar-refractivity contribution in [2.75, 3.05) is 11.4 Å². The maximum Gasteiger partial charge on any atom is 0.326 e. The standard InChI is InChI=1S/C17H22N2O4/c1-3-11(2)15(17(22)23)18-16(21)12-6-8-13(9-7-12)19-10-4-5-14(19)20/h6-9,11,15H,3-5,10H2,1-2H3,(H,18,21)(H,22,23). The summed E-state index contributed by atoms with van der Waals surface area (Å²) in [4.78, 5) is 36.9. The van der Waals surface area contributed by atoms with Gasteiger partial charge in [0.2, 0.25) is 5.91 Å². The Bertz CT molecular complexity index is 597. The number of aliphatic carboxylic acids is 1. The Morgan fingerprint density at radius 3 is 2.43 bits per heavy atom. The lowest BCUT2D eigenvalue weighted by molar-refractivity contribution is -0.140. The van der Waals surface area contributed by atoms with Gasteiger partial charge in [-0.05, 0) is 36.6 Å². The van der Waals surface area contributed by atoms with E-state index >= 15 is 0 Å². The summed E-state index contributed by atoms with van der Waals surface area (Å²) in [6.45, 7) is 4.37. The lowest BCUT2D eigenvalue weighted by atomic mass is 9.99. The highest BCUT2D eigenvalue weighted by Gasteiger charge is 2.26. The number of hydrogen-bond donors (Lipinski definition) is 2. The molecule has 1 aliphatic heterocycles. The van der Waals surface area contributed by atoms with Gasteiger partial charge in [0.15, 0.2) is 0 Å². The van der Waals surface area contributed by atoms with Crippen molar-refractivity contribution in [3.63, 3.8) is 0 Å². The number of anilines is 1. The van der Waals surface area contributed by atoms with E-state index in [4.69, 9.17) is 0 Å². The average Bonchev–Trinajstić information content (AvgIpc) is 2.97. The number of carbonyl (C=O) groups is 3. The highest BCUT2D eigenvalue weighted by molar-refractivity contribution is 5.98. The van der Waals surface area contributed by atoms with Crippen molar-refractivity contribution in [2.45, 2.75) is 39.2 Å². The number of carboxylic acid groups (broad SMARTS) is 1. The molecule has 0 radical (unpaired) electrons. The molecule has 1 saturated heterocycles. The molecule has 6 heteroatoms. The number of nitrogens with zero attached hydrogens (tertiary/aromatic N) is 1. The summed E-state index contributed by atoms with van der Waals surface area (Å²) in [6, 6.07) is 5.76. The predicted molar refractivity (Wildman–Crippen MR) is 86.4 cm³/mol. The molecule has 0 saturated carbocycles. The Kier molecular flexibility index (Phi) is 5.36. The van der Waals surface area contributed by atoms with E-state index in [-0.39, 0.29) is 11.8 Å². The topological polar surface area (TPSA) is 86.7 Å². The number of benzene rings is 1. The second-order valence-electron chi connectivity index (χ2n) is 5.87. The normalized spacial score (nSPS) is 17.0. The minimum Gasteiger partial charge on any atom is -0.480 e. The van der Waals surface area contributed by atoms with Crippen molar-refractivity contribution >= 4 is 23.5 Å². The SMILES string of the molecule is CCC(C)C(NC(=O)c1ccc(N2CCCC2=O)cc1)C(=O)O. The summed E-state index contributed by atoms with van der Waals surface area (Å²) in [7, 11) is 0. The van der Waals surface area contributed by atoms with Gasteiger partial charge in [0.25, 0.3) is 5.91 Å². The first-order valence-electron chi connectivity index (χ1n) is 7.88. The van der Waals surface area contributed by atoms with E-state index in [0.717, 1.165) is 12.1 Å². The van der Waals surface area contributed by atoms with Crippen LogP contribution >= 0.6 is 0 Å². The quantitative estimate of drug-likeness (QED) is 0.840. The molecule has 0 aliphatic carbocycles. The number of hydrogen-bond acceptors (Lipinski definition) is 3. The highest BCUT2D eigenvalue weighted by atomic mass is 16.4. The third-order valence-electron chi connectivity index (χ3n) is 4.28. The molecule has 1 aliphatic rings. The molecule has 0 spiro atoms. The van der Waals surface area contributed by atoms with E-state index < -0.39 is 17.9 Å². The van der Waals surface area contributed by atoms with Crippen molar-refractivity contribution in [1.82, 2.24) is 5.32 Å². The van der Waals surface area contributed by atoms with Crippen molar-refractivity contribution in [3.05, 3.63) is 29.8 Å². The molecule has 1 aromatic rings. The fraction of sp³-hybridized carbons (Fsp3) is 0.471. The van der Waals surface area contributed by atoms with E-state index in [1.807, 2.05) is 6.92 Å². The van der Waals surface area contributed by atoms with Crippen molar-refractivity contribution in [1.29, 1.82) is 0 Å². The molecule has 23 heavy (non-hydrogen) atoms. The summed E-state index contributed by atoms with van der Waals surface area (Å²) < 4.78 is 0. The van der Waals surface area contributed by atoms with Crippen LogP contribution in [-0.2, 0) is 9.59 Å². The van der Waals surface area contributed by atoms with Crippen molar-refractivity contribution in [3.8, 4) is 0 Å². The molecule has 1 fully saturated rings.